The summed E-state index contributed by atoms with van der Waals surface area (Å²) < 4.78 is 40.7. The summed E-state index contributed by atoms with van der Waals surface area (Å²) in [7, 11) is -7.70. The number of fused-ring (bicyclic) bond motifs is 1. The topological polar surface area (TPSA) is 106 Å². The van der Waals surface area contributed by atoms with E-state index in [9.17, 15) is 18.5 Å². The van der Waals surface area contributed by atoms with Gasteiger partial charge in [-0.15, -0.1) is 0 Å². The van der Waals surface area contributed by atoms with Crippen molar-refractivity contribution in [3.05, 3.63) is 132 Å². The van der Waals surface area contributed by atoms with Crippen LogP contribution >= 0.6 is 0 Å². The Morgan fingerprint density at radius 1 is 0.979 bits per heavy atom. The van der Waals surface area contributed by atoms with E-state index in [1.807, 2.05) is 66.7 Å². The van der Waals surface area contributed by atoms with Gasteiger partial charge in [-0.25, -0.2) is 8.42 Å². The van der Waals surface area contributed by atoms with Crippen LogP contribution in [0.2, 0.25) is 11.4 Å². The largest absolute Gasteiger partial charge is 0.508 e. The van der Waals surface area contributed by atoms with Crippen molar-refractivity contribution in [2.24, 2.45) is 0 Å². The van der Waals surface area contributed by atoms with Crippen molar-refractivity contribution < 1.29 is 27.6 Å². The molecule has 248 valence electrons. The quantitative estimate of drug-likeness (QED) is 0.165. The molecule has 4 aromatic rings. The zero-order chi connectivity index (χ0) is 33.9. The molecule has 0 bridgehead atoms. The van der Waals surface area contributed by atoms with E-state index in [1.165, 1.54) is 0 Å². The van der Waals surface area contributed by atoms with Gasteiger partial charge in [-0.3, -0.25) is 4.98 Å². The average Bonchev–Trinajstić information content (AvgIpc) is 3.33. The highest BCUT2D eigenvalue weighted by molar-refractivity contribution is 7.92. The molecule has 6 rings (SSSR count). The Kier molecular flexibility index (Phi) is 9.92. The second-order valence-corrected chi connectivity index (χ2v) is 20.1. The first-order chi connectivity index (χ1) is 23.0. The van der Waals surface area contributed by atoms with Crippen molar-refractivity contribution in [2.45, 2.75) is 56.3 Å². The molecular weight excluding hydrogens is 637 g/mol. The van der Waals surface area contributed by atoms with Crippen LogP contribution in [0.15, 0.2) is 120 Å². The predicted molar refractivity (Wildman–Crippen MR) is 195 cm³/mol. The predicted octanol–water partition coefficient (Wildman–Crippen LogP) is 5.66. The molecule has 7 nitrogen and oxygen atoms in total. The molecule has 10 heteroatoms. The maximum absolute atomic E-state index is 13.7. The first kappa shape index (κ1) is 34.1. The van der Waals surface area contributed by atoms with Crippen LogP contribution in [0.25, 0.3) is 11.6 Å². The fourth-order valence-electron chi connectivity index (χ4n) is 7.29. The lowest BCUT2D eigenvalue weighted by Crippen LogP contribution is -2.66. The van der Waals surface area contributed by atoms with Gasteiger partial charge in [-0.05, 0) is 80.9 Å². The molecule has 3 heterocycles. The zero-order valence-electron chi connectivity index (χ0n) is 27.6. The van der Waals surface area contributed by atoms with E-state index >= 15 is 0 Å². The number of aromatic hydroxyl groups is 1. The van der Waals surface area contributed by atoms with Crippen molar-refractivity contribution in [1.29, 1.82) is 0 Å². The molecule has 0 aliphatic carbocycles. The van der Waals surface area contributed by atoms with Crippen LogP contribution in [0.5, 0.6) is 5.75 Å². The standard InChI is InChI=1S/C38H42BNO6SSi/c1-38(2,3)48(32-15-6-4-7-16-32,33-17-8-5-9-18-33)45-26-30-27-47(43,44)36-25-39(42)46-35(37(30)36)21-20-29(34-19-10-11-22-40-34)23-28-13-12-14-31(41)24-28/h4-19,22-24,35-36,41-42H,20-21,25-27H2,1-3H3/b29-23-/t35-,36+/m1/s1. The summed E-state index contributed by atoms with van der Waals surface area (Å²) in [6.45, 7) is 6.75. The SMILES string of the molecule is CC(C)(C)[Si](OCC1=C2[C@@H](CC/C(=C/c3cccc(O)c3)c3ccccn3)OB(O)C[C@@H]2S(=O)(=O)C1)(c1ccccc1)c1ccccc1. The zero-order valence-corrected chi connectivity index (χ0v) is 29.4. The van der Waals surface area contributed by atoms with Crippen molar-refractivity contribution >= 4 is 47.3 Å². The van der Waals surface area contributed by atoms with Crippen LogP contribution in [0.3, 0.4) is 0 Å². The van der Waals surface area contributed by atoms with Crippen LogP contribution in [0.1, 0.15) is 44.9 Å². The molecule has 1 aromatic heterocycles. The first-order valence-corrected chi connectivity index (χ1v) is 20.0. The second-order valence-electron chi connectivity index (χ2n) is 13.6. The van der Waals surface area contributed by atoms with Crippen LogP contribution in [0, 0.1) is 0 Å². The highest BCUT2D eigenvalue weighted by atomic mass is 32.2. The summed E-state index contributed by atoms with van der Waals surface area (Å²) in [5.41, 5.74) is 3.95. The Balaban J connectivity index is 1.37. The van der Waals surface area contributed by atoms with Gasteiger partial charge in [0.05, 0.1) is 29.4 Å². The van der Waals surface area contributed by atoms with Gasteiger partial charge in [0.15, 0.2) is 9.84 Å². The molecule has 0 amide bonds. The summed E-state index contributed by atoms with van der Waals surface area (Å²) in [5, 5.41) is 22.0. The molecule has 0 unspecified atom stereocenters. The summed E-state index contributed by atoms with van der Waals surface area (Å²) >= 11 is 0. The molecule has 0 radical (unpaired) electrons. The first-order valence-electron chi connectivity index (χ1n) is 16.4. The van der Waals surface area contributed by atoms with Crippen molar-refractivity contribution in [3.8, 4) is 5.75 Å². The van der Waals surface area contributed by atoms with E-state index in [0.29, 0.717) is 12.8 Å². The van der Waals surface area contributed by atoms with E-state index in [0.717, 1.165) is 38.4 Å². The third-order valence-corrected chi connectivity index (χ3v) is 16.5. The number of aromatic nitrogens is 1. The fraction of sp³-hybridized carbons (Fsp3) is 0.289. The lowest BCUT2D eigenvalue weighted by Gasteiger charge is -2.43. The number of benzene rings is 3. The number of hydrogen-bond donors (Lipinski definition) is 2. The van der Waals surface area contributed by atoms with Gasteiger partial charge < -0.3 is 19.2 Å². The number of phenols is 1. The van der Waals surface area contributed by atoms with E-state index in [4.69, 9.17) is 9.08 Å². The molecular formula is C38H42BNO6SSi. The lowest BCUT2D eigenvalue weighted by molar-refractivity contribution is 0.170. The van der Waals surface area contributed by atoms with Gasteiger partial charge in [-0.1, -0.05) is 99.6 Å². The van der Waals surface area contributed by atoms with Crippen molar-refractivity contribution in [3.63, 3.8) is 0 Å². The Labute approximate surface area is 285 Å². The summed E-state index contributed by atoms with van der Waals surface area (Å²) in [6, 6.07) is 33.3. The molecule has 0 saturated carbocycles. The summed E-state index contributed by atoms with van der Waals surface area (Å²) in [6.07, 6.45) is 4.03. The molecule has 2 atom stereocenters. The number of nitrogens with zero attached hydrogens (tertiary/aromatic N) is 1. The van der Waals surface area contributed by atoms with Crippen LogP contribution in [-0.4, -0.2) is 62.7 Å². The minimum absolute atomic E-state index is 0.00308. The average molecular weight is 680 g/mol. The maximum Gasteiger partial charge on any atom is 0.456 e. The van der Waals surface area contributed by atoms with Gasteiger partial charge in [0.2, 0.25) is 0 Å². The third kappa shape index (κ3) is 6.99. The monoisotopic (exact) mass is 679 g/mol. The van der Waals surface area contributed by atoms with E-state index in [-0.39, 0.29) is 29.5 Å². The number of rotatable bonds is 10. The van der Waals surface area contributed by atoms with E-state index in [2.05, 4.69) is 50.0 Å². The van der Waals surface area contributed by atoms with E-state index < -0.39 is 36.6 Å². The Morgan fingerprint density at radius 2 is 1.65 bits per heavy atom. The van der Waals surface area contributed by atoms with Crippen LogP contribution in [-0.2, 0) is 18.9 Å². The normalized spacial score (nSPS) is 19.8. The second kappa shape index (κ2) is 14.0. The van der Waals surface area contributed by atoms with Gasteiger partial charge in [-0.2, -0.15) is 0 Å². The minimum atomic E-state index is -3.57. The van der Waals surface area contributed by atoms with Crippen LogP contribution < -0.4 is 10.4 Å². The maximum atomic E-state index is 13.7. The third-order valence-electron chi connectivity index (χ3n) is 9.41. The van der Waals surface area contributed by atoms with E-state index in [1.54, 1.807) is 24.4 Å². The highest BCUT2D eigenvalue weighted by Crippen LogP contribution is 2.42. The van der Waals surface area contributed by atoms with Gasteiger partial charge in [0, 0.05) is 12.5 Å². The summed E-state index contributed by atoms with van der Waals surface area (Å²) in [5.74, 6) is 0.0434. The highest BCUT2D eigenvalue weighted by Gasteiger charge is 2.52. The van der Waals surface area contributed by atoms with Crippen molar-refractivity contribution in [2.75, 3.05) is 12.4 Å². The number of sulfone groups is 1. The molecule has 0 spiro atoms. The Hall–Kier alpha value is -3.80. The number of allylic oxidation sites excluding steroid dienone is 1. The summed E-state index contributed by atoms with van der Waals surface area (Å²) in [4.78, 5) is 4.57. The minimum Gasteiger partial charge on any atom is -0.508 e. The number of phenolic OH excluding ortho intramolecular Hbond substituents is 1. The number of hydrogen-bond acceptors (Lipinski definition) is 7. The number of pyridine rings is 1. The van der Waals surface area contributed by atoms with Crippen LogP contribution in [0.4, 0.5) is 0 Å². The Bertz CT molecular complexity index is 1860. The van der Waals surface area contributed by atoms with Gasteiger partial charge in [0.25, 0.3) is 8.32 Å². The molecule has 2 aliphatic rings. The smallest absolute Gasteiger partial charge is 0.456 e. The fourth-order valence-corrected chi connectivity index (χ4v) is 13.9. The van der Waals surface area contributed by atoms with Crippen molar-refractivity contribution in [1.82, 2.24) is 4.98 Å². The van der Waals surface area contributed by atoms with Gasteiger partial charge in [0.1, 0.15) is 5.75 Å². The van der Waals surface area contributed by atoms with Gasteiger partial charge >= 0.3 is 7.12 Å². The lowest BCUT2D eigenvalue weighted by atomic mass is 9.74. The Morgan fingerprint density at radius 3 is 2.25 bits per heavy atom. The molecule has 2 N–H and O–H groups in total. The molecule has 2 aliphatic heterocycles. The molecule has 3 aromatic carbocycles. The molecule has 48 heavy (non-hydrogen) atoms. The molecule has 1 fully saturated rings. The molecule has 1 saturated heterocycles.